The molecule has 2 heterocycles. The average Bonchev–Trinajstić information content (AvgIpc) is 3.06. The Hall–Kier alpha value is -2.21. The first-order chi connectivity index (χ1) is 11.7. The molecule has 4 rings (SSSR count). The first-order valence-corrected chi connectivity index (χ1v) is 8.45. The van der Waals surface area contributed by atoms with Crippen LogP contribution in [-0.2, 0) is 17.6 Å². The molecule has 0 saturated carbocycles. The standard InChI is InChI=1S/C18H20FN3O2/c19-13-7-5-12(6-8-13)16-11-22(9-10-24-16)18(23)17-14-3-1-2-4-15(14)20-21-17/h5-8,16H,1-4,9-11H2,(H,20,21). The van der Waals surface area contributed by atoms with Crippen LogP contribution in [0.2, 0.25) is 0 Å². The summed E-state index contributed by atoms with van der Waals surface area (Å²) in [6.45, 7) is 1.49. The number of amides is 1. The van der Waals surface area contributed by atoms with Crippen molar-refractivity contribution in [2.24, 2.45) is 0 Å². The molecule has 1 aliphatic carbocycles. The predicted molar refractivity (Wildman–Crippen MR) is 86.2 cm³/mol. The number of fused-ring (bicyclic) bond motifs is 1. The van der Waals surface area contributed by atoms with Crippen LogP contribution in [0.4, 0.5) is 4.39 Å². The molecule has 0 radical (unpaired) electrons. The highest BCUT2D eigenvalue weighted by Crippen LogP contribution is 2.26. The minimum Gasteiger partial charge on any atom is -0.370 e. The van der Waals surface area contributed by atoms with Gasteiger partial charge >= 0.3 is 0 Å². The molecule has 1 N–H and O–H groups in total. The molecule has 1 atom stereocenters. The van der Waals surface area contributed by atoms with E-state index in [0.717, 1.165) is 42.5 Å². The highest BCUT2D eigenvalue weighted by atomic mass is 19.1. The zero-order chi connectivity index (χ0) is 16.5. The maximum atomic E-state index is 13.1. The van der Waals surface area contributed by atoms with Gasteiger partial charge in [-0.1, -0.05) is 12.1 Å². The number of aromatic amines is 1. The van der Waals surface area contributed by atoms with Crippen molar-refractivity contribution in [1.29, 1.82) is 0 Å². The van der Waals surface area contributed by atoms with Crippen LogP contribution in [0, 0.1) is 5.82 Å². The third-order valence-electron chi connectivity index (χ3n) is 4.85. The number of halogens is 1. The Labute approximate surface area is 139 Å². The van der Waals surface area contributed by atoms with E-state index in [-0.39, 0.29) is 17.8 Å². The molecular weight excluding hydrogens is 309 g/mol. The number of H-pyrrole nitrogens is 1. The zero-order valence-electron chi connectivity index (χ0n) is 13.4. The number of aryl methyl sites for hydroxylation is 1. The smallest absolute Gasteiger partial charge is 0.274 e. The molecule has 1 aromatic carbocycles. The Morgan fingerprint density at radius 2 is 2.04 bits per heavy atom. The van der Waals surface area contributed by atoms with E-state index in [9.17, 15) is 9.18 Å². The second-order valence-electron chi connectivity index (χ2n) is 6.40. The number of nitrogens with zero attached hydrogens (tertiary/aromatic N) is 2. The number of rotatable bonds is 2. The number of ether oxygens (including phenoxy) is 1. The van der Waals surface area contributed by atoms with Crippen LogP contribution in [-0.4, -0.2) is 40.7 Å². The van der Waals surface area contributed by atoms with Gasteiger partial charge in [-0.05, 0) is 43.4 Å². The van der Waals surface area contributed by atoms with E-state index in [2.05, 4.69) is 10.2 Å². The molecule has 0 spiro atoms. The number of nitrogens with one attached hydrogen (secondary N) is 1. The average molecular weight is 329 g/mol. The van der Waals surface area contributed by atoms with Crippen LogP contribution < -0.4 is 0 Å². The first kappa shape index (κ1) is 15.3. The fourth-order valence-electron chi connectivity index (χ4n) is 3.52. The van der Waals surface area contributed by atoms with Crippen molar-refractivity contribution in [1.82, 2.24) is 15.1 Å². The van der Waals surface area contributed by atoms with E-state index < -0.39 is 0 Å². The number of carbonyl (C=O) groups is 1. The van der Waals surface area contributed by atoms with Gasteiger partial charge in [-0.2, -0.15) is 5.10 Å². The monoisotopic (exact) mass is 329 g/mol. The number of hydrogen-bond donors (Lipinski definition) is 1. The lowest BCUT2D eigenvalue weighted by Crippen LogP contribution is -2.42. The van der Waals surface area contributed by atoms with Crippen molar-refractivity contribution in [3.05, 3.63) is 52.6 Å². The fourth-order valence-corrected chi connectivity index (χ4v) is 3.52. The van der Waals surface area contributed by atoms with Crippen LogP contribution in [0.1, 0.15) is 46.3 Å². The normalized spacial score (nSPS) is 20.7. The second-order valence-corrected chi connectivity index (χ2v) is 6.40. The maximum absolute atomic E-state index is 13.1. The van der Waals surface area contributed by atoms with E-state index in [0.29, 0.717) is 25.4 Å². The van der Waals surface area contributed by atoms with Gasteiger partial charge in [0.05, 0.1) is 13.2 Å². The SMILES string of the molecule is O=C(c1n[nH]c2c1CCCC2)N1CCOC(c2ccc(F)cc2)C1. The Bertz CT molecular complexity index is 741. The van der Waals surface area contributed by atoms with Crippen LogP contribution in [0.3, 0.4) is 0 Å². The molecule has 1 unspecified atom stereocenters. The Kier molecular flexibility index (Phi) is 4.06. The molecular formula is C18H20FN3O2. The van der Waals surface area contributed by atoms with Crippen LogP contribution in [0.15, 0.2) is 24.3 Å². The highest BCUT2D eigenvalue weighted by molar-refractivity contribution is 5.94. The van der Waals surface area contributed by atoms with Crippen LogP contribution >= 0.6 is 0 Å². The zero-order valence-corrected chi connectivity index (χ0v) is 13.4. The van der Waals surface area contributed by atoms with Crippen molar-refractivity contribution < 1.29 is 13.9 Å². The van der Waals surface area contributed by atoms with Gasteiger partial charge in [-0.25, -0.2) is 4.39 Å². The Morgan fingerprint density at radius 3 is 2.88 bits per heavy atom. The molecule has 1 amide bonds. The summed E-state index contributed by atoms with van der Waals surface area (Å²) in [7, 11) is 0. The molecule has 6 heteroatoms. The molecule has 1 aromatic heterocycles. The number of hydrogen-bond acceptors (Lipinski definition) is 3. The van der Waals surface area contributed by atoms with Gasteiger partial charge in [0.2, 0.25) is 0 Å². The summed E-state index contributed by atoms with van der Waals surface area (Å²) in [5.74, 6) is -0.310. The maximum Gasteiger partial charge on any atom is 0.274 e. The van der Waals surface area contributed by atoms with Crippen molar-refractivity contribution in [3.63, 3.8) is 0 Å². The first-order valence-electron chi connectivity index (χ1n) is 8.45. The summed E-state index contributed by atoms with van der Waals surface area (Å²) in [6.07, 6.45) is 3.91. The Balaban J connectivity index is 1.52. The summed E-state index contributed by atoms with van der Waals surface area (Å²) in [4.78, 5) is 14.7. The van der Waals surface area contributed by atoms with Gasteiger partial charge in [0.15, 0.2) is 5.69 Å². The minimum atomic E-state index is -0.273. The molecule has 24 heavy (non-hydrogen) atoms. The van der Waals surface area contributed by atoms with Gasteiger partial charge in [-0.3, -0.25) is 9.89 Å². The minimum absolute atomic E-state index is 0.0372. The highest BCUT2D eigenvalue weighted by Gasteiger charge is 2.30. The van der Waals surface area contributed by atoms with Crippen molar-refractivity contribution in [2.45, 2.75) is 31.8 Å². The summed E-state index contributed by atoms with van der Waals surface area (Å²) in [5.41, 5.74) is 3.63. The van der Waals surface area contributed by atoms with Crippen molar-refractivity contribution in [3.8, 4) is 0 Å². The second kappa shape index (κ2) is 6.36. The third-order valence-corrected chi connectivity index (χ3v) is 4.85. The quantitative estimate of drug-likeness (QED) is 0.921. The van der Waals surface area contributed by atoms with Gasteiger partial charge in [0.1, 0.15) is 11.9 Å². The molecule has 0 bridgehead atoms. The molecule has 126 valence electrons. The summed E-state index contributed by atoms with van der Waals surface area (Å²) >= 11 is 0. The number of benzene rings is 1. The van der Waals surface area contributed by atoms with Crippen molar-refractivity contribution >= 4 is 5.91 Å². The third kappa shape index (κ3) is 2.82. The lowest BCUT2D eigenvalue weighted by Gasteiger charge is -2.33. The van der Waals surface area contributed by atoms with E-state index in [1.165, 1.54) is 12.1 Å². The van der Waals surface area contributed by atoms with Crippen molar-refractivity contribution in [2.75, 3.05) is 19.7 Å². The Morgan fingerprint density at radius 1 is 1.25 bits per heavy atom. The lowest BCUT2D eigenvalue weighted by atomic mass is 9.95. The topological polar surface area (TPSA) is 58.2 Å². The molecule has 1 saturated heterocycles. The fraction of sp³-hybridized carbons (Fsp3) is 0.444. The summed E-state index contributed by atoms with van der Waals surface area (Å²) in [6, 6.07) is 6.27. The van der Waals surface area contributed by atoms with Crippen LogP contribution in [0.5, 0.6) is 0 Å². The largest absolute Gasteiger partial charge is 0.370 e. The van der Waals surface area contributed by atoms with E-state index in [1.54, 1.807) is 17.0 Å². The van der Waals surface area contributed by atoms with Gasteiger partial charge < -0.3 is 9.64 Å². The van der Waals surface area contributed by atoms with Crippen LogP contribution in [0.25, 0.3) is 0 Å². The van der Waals surface area contributed by atoms with Gasteiger partial charge in [0.25, 0.3) is 5.91 Å². The molecule has 1 aliphatic heterocycles. The van der Waals surface area contributed by atoms with E-state index >= 15 is 0 Å². The summed E-state index contributed by atoms with van der Waals surface area (Å²) in [5, 5.41) is 7.30. The number of aromatic nitrogens is 2. The molecule has 1 fully saturated rings. The summed E-state index contributed by atoms with van der Waals surface area (Å²) < 4.78 is 18.9. The molecule has 2 aliphatic rings. The van der Waals surface area contributed by atoms with Gasteiger partial charge in [0, 0.05) is 17.8 Å². The van der Waals surface area contributed by atoms with Gasteiger partial charge in [-0.15, -0.1) is 0 Å². The predicted octanol–water partition coefficient (Wildman–Crippen LogP) is 2.64. The van der Waals surface area contributed by atoms with E-state index in [1.807, 2.05) is 0 Å². The molecule has 5 nitrogen and oxygen atoms in total. The van der Waals surface area contributed by atoms with E-state index in [4.69, 9.17) is 4.74 Å². The number of carbonyl (C=O) groups excluding carboxylic acids is 1. The lowest BCUT2D eigenvalue weighted by molar-refractivity contribution is -0.0230. The number of morpholine rings is 1. The molecule has 2 aromatic rings.